The lowest BCUT2D eigenvalue weighted by molar-refractivity contribution is -0.161. The summed E-state index contributed by atoms with van der Waals surface area (Å²) in [6.45, 7) is 3.29. The number of carbonyl (C=O) groups is 3. The fourth-order valence-electron chi connectivity index (χ4n) is 6.28. The van der Waals surface area contributed by atoms with Crippen molar-refractivity contribution in [2.24, 2.45) is 11.8 Å². The first-order valence-electron chi connectivity index (χ1n) is 21.3. The van der Waals surface area contributed by atoms with Crippen molar-refractivity contribution < 1.29 is 52.9 Å². The van der Waals surface area contributed by atoms with Crippen molar-refractivity contribution in [2.75, 3.05) is 13.2 Å². The number of phosphoric acid groups is 1. The lowest BCUT2D eigenvalue weighted by atomic mass is 9.90. The molecule has 0 radical (unpaired) electrons. The van der Waals surface area contributed by atoms with Gasteiger partial charge in [0.2, 0.25) is 0 Å². The van der Waals surface area contributed by atoms with Gasteiger partial charge in [-0.1, -0.05) is 125 Å². The summed E-state index contributed by atoms with van der Waals surface area (Å²) in [5, 5.41) is 20.6. The molecule has 11 nitrogen and oxygen atoms in total. The topological polar surface area (TPSA) is 177 Å². The number of unbranched alkanes of at least 4 members (excludes halogenated alkanes) is 9. The Morgan fingerprint density at radius 2 is 1.30 bits per heavy atom. The average Bonchev–Trinajstić information content (AvgIpc) is 3.44. The summed E-state index contributed by atoms with van der Waals surface area (Å²) in [4.78, 5) is 55.6. The van der Waals surface area contributed by atoms with Crippen LogP contribution in [0.5, 0.6) is 0 Å². The number of hydrogen-bond donors (Lipinski definition) is 4. The zero-order valence-electron chi connectivity index (χ0n) is 34.7. The largest absolute Gasteiger partial charge is 0.469 e. The van der Waals surface area contributed by atoms with Crippen molar-refractivity contribution in [3.8, 4) is 0 Å². The highest BCUT2D eigenvalue weighted by molar-refractivity contribution is 7.46. The summed E-state index contributed by atoms with van der Waals surface area (Å²) in [6, 6.07) is 0. The van der Waals surface area contributed by atoms with Gasteiger partial charge < -0.3 is 29.5 Å². The standard InChI is InChI=1S/C45H73O11P/c1-3-5-7-8-9-10-11-12-13-14-15-16-17-18-19-20-21-22-27-31-44(49)54-36-39(37-55-57(51,52)53)56-45(50)32-28-24-23-26-30-40-41(43(48)35-42(40)47)34-33-38(46)29-25-6-4-2/h9-10,12-13,15-16,18-19,23,26,33-34,38-41,43,46,48H,3-8,11,14,17,20-22,24-25,27-32,35-37H2,1-2H3,(H2,51,52,53)/b10-9-,13-12-,16-15-,19-18-,26-23-,34-33+/t38-,39+,40+,41+,43+/m0/s1. The molecule has 0 amide bonds. The van der Waals surface area contributed by atoms with Crippen LogP contribution in [0.4, 0.5) is 0 Å². The first-order valence-corrected chi connectivity index (χ1v) is 22.9. The number of allylic oxidation sites excluding steroid dienone is 10. The number of aliphatic hydroxyl groups is 2. The van der Waals surface area contributed by atoms with Gasteiger partial charge in [0.05, 0.1) is 18.8 Å². The minimum atomic E-state index is -4.84. The van der Waals surface area contributed by atoms with Crippen LogP contribution in [0.2, 0.25) is 0 Å². The quantitative estimate of drug-likeness (QED) is 0.0210. The molecule has 12 heteroatoms. The number of rotatable bonds is 34. The maximum Gasteiger partial charge on any atom is 0.469 e. The van der Waals surface area contributed by atoms with E-state index in [-0.39, 0.29) is 43.5 Å². The number of ether oxygens (including phenoxy) is 2. The van der Waals surface area contributed by atoms with Gasteiger partial charge in [-0.15, -0.1) is 0 Å². The second-order valence-electron chi connectivity index (χ2n) is 14.7. The second-order valence-corrected chi connectivity index (χ2v) is 16.0. The van der Waals surface area contributed by atoms with E-state index in [1.165, 1.54) is 25.7 Å². The molecule has 0 bridgehead atoms. The van der Waals surface area contributed by atoms with Crippen LogP contribution in [0.1, 0.15) is 149 Å². The van der Waals surface area contributed by atoms with Crippen molar-refractivity contribution in [3.63, 3.8) is 0 Å². The first kappa shape index (κ1) is 52.1. The van der Waals surface area contributed by atoms with Gasteiger partial charge in [-0.05, 0) is 77.0 Å². The Morgan fingerprint density at radius 1 is 0.737 bits per heavy atom. The summed E-state index contributed by atoms with van der Waals surface area (Å²) in [5.74, 6) is -1.89. The highest BCUT2D eigenvalue weighted by atomic mass is 31.2. The van der Waals surface area contributed by atoms with E-state index >= 15 is 0 Å². The molecule has 1 fully saturated rings. The van der Waals surface area contributed by atoms with E-state index < -0.39 is 44.7 Å². The molecule has 1 aliphatic rings. The Kier molecular flexibility index (Phi) is 31.1. The molecular formula is C45H73O11P. The lowest BCUT2D eigenvalue weighted by Gasteiger charge is -2.18. The van der Waals surface area contributed by atoms with Crippen LogP contribution in [-0.4, -0.2) is 69.2 Å². The van der Waals surface area contributed by atoms with Crippen molar-refractivity contribution in [2.45, 2.75) is 167 Å². The maximum atomic E-state index is 12.5. The maximum absolute atomic E-state index is 12.5. The van der Waals surface area contributed by atoms with Gasteiger partial charge in [0.25, 0.3) is 0 Å². The van der Waals surface area contributed by atoms with Gasteiger partial charge in [0, 0.05) is 31.1 Å². The molecule has 0 aromatic heterocycles. The Labute approximate surface area is 342 Å². The van der Waals surface area contributed by atoms with Crippen LogP contribution in [0, 0.1) is 11.8 Å². The van der Waals surface area contributed by atoms with Crippen LogP contribution in [0.25, 0.3) is 0 Å². The number of aliphatic hydroxyl groups excluding tert-OH is 2. The van der Waals surface area contributed by atoms with Crippen LogP contribution < -0.4 is 0 Å². The molecule has 0 aliphatic heterocycles. The third-order valence-corrected chi connectivity index (χ3v) is 10.1. The van der Waals surface area contributed by atoms with E-state index in [4.69, 9.17) is 19.3 Å². The molecule has 0 saturated heterocycles. The fraction of sp³-hybridized carbons (Fsp3) is 0.667. The molecule has 1 aliphatic carbocycles. The minimum absolute atomic E-state index is 0.00644. The number of Topliss-reactive ketones (excluding diaryl/α,β-unsaturated/α-hetero) is 1. The molecule has 0 aromatic carbocycles. The summed E-state index contributed by atoms with van der Waals surface area (Å²) < 4.78 is 26.3. The van der Waals surface area contributed by atoms with Crippen molar-refractivity contribution in [1.82, 2.24) is 0 Å². The summed E-state index contributed by atoms with van der Waals surface area (Å²) in [7, 11) is -4.84. The molecule has 1 rings (SSSR count). The van der Waals surface area contributed by atoms with Crippen LogP contribution in [0.3, 0.4) is 0 Å². The lowest BCUT2D eigenvalue weighted by Crippen LogP contribution is -2.29. The average molecular weight is 821 g/mol. The van der Waals surface area contributed by atoms with E-state index in [1.807, 2.05) is 12.2 Å². The molecule has 4 N–H and O–H groups in total. The zero-order valence-corrected chi connectivity index (χ0v) is 35.6. The van der Waals surface area contributed by atoms with Crippen LogP contribution in [-0.2, 0) is 32.9 Å². The van der Waals surface area contributed by atoms with Gasteiger partial charge in [-0.3, -0.25) is 18.9 Å². The monoisotopic (exact) mass is 820 g/mol. The zero-order chi connectivity index (χ0) is 42.0. The molecule has 0 spiro atoms. The first-order chi connectivity index (χ1) is 27.5. The predicted molar refractivity (Wildman–Crippen MR) is 226 cm³/mol. The van der Waals surface area contributed by atoms with E-state index in [0.717, 1.165) is 57.8 Å². The summed E-state index contributed by atoms with van der Waals surface area (Å²) in [6.07, 6.45) is 38.4. The third kappa shape index (κ3) is 29.9. The molecule has 324 valence electrons. The Hall–Kier alpha value is -2.92. The fourth-order valence-corrected chi connectivity index (χ4v) is 6.64. The van der Waals surface area contributed by atoms with Crippen LogP contribution >= 0.6 is 7.82 Å². The van der Waals surface area contributed by atoms with Gasteiger partial charge in [-0.25, -0.2) is 4.57 Å². The van der Waals surface area contributed by atoms with Crippen molar-refractivity contribution >= 4 is 25.5 Å². The molecule has 5 atom stereocenters. The van der Waals surface area contributed by atoms with Gasteiger partial charge >= 0.3 is 19.8 Å². The van der Waals surface area contributed by atoms with Crippen molar-refractivity contribution in [1.29, 1.82) is 0 Å². The SMILES string of the molecule is CCCCC/C=C\C/C=C\C/C=C\C/C=C\CCCCCC(=O)OC[C@H](COP(=O)(O)O)OC(=O)CCC/C=C\C[C@H]1C(=O)C[C@@H](O)[C@@H]1/C=C/[C@@H](O)CCCCC. The Balaban J connectivity index is 2.31. The summed E-state index contributed by atoms with van der Waals surface area (Å²) >= 11 is 0. The van der Waals surface area contributed by atoms with E-state index in [9.17, 15) is 29.2 Å². The number of carbonyl (C=O) groups excluding carboxylic acids is 3. The number of hydrogen-bond acceptors (Lipinski definition) is 9. The molecule has 57 heavy (non-hydrogen) atoms. The second kappa shape index (κ2) is 34.0. The molecular weight excluding hydrogens is 747 g/mol. The smallest absolute Gasteiger partial charge is 0.462 e. The molecule has 1 saturated carbocycles. The Bertz CT molecular complexity index is 1310. The number of esters is 2. The molecule has 0 heterocycles. The molecule has 0 aromatic rings. The van der Waals surface area contributed by atoms with E-state index in [2.05, 4.69) is 67.0 Å². The third-order valence-electron chi connectivity index (χ3n) is 9.57. The van der Waals surface area contributed by atoms with E-state index in [0.29, 0.717) is 32.1 Å². The highest BCUT2D eigenvalue weighted by Gasteiger charge is 2.39. The predicted octanol–water partition coefficient (Wildman–Crippen LogP) is 9.66. The molecule has 0 unspecified atom stereocenters. The van der Waals surface area contributed by atoms with Gasteiger partial charge in [0.1, 0.15) is 12.4 Å². The van der Waals surface area contributed by atoms with Gasteiger partial charge in [0.15, 0.2) is 6.10 Å². The number of phosphoric ester groups is 1. The number of ketones is 1. The minimum Gasteiger partial charge on any atom is -0.462 e. The summed E-state index contributed by atoms with van der Waals surface area (Å²) in [5.41, 5.74) is 0. The van der Waals surface area contributed by atoms with Gasteiger partial charge in [-0.2, -0.15) is 0 Å². The highest BCUT2D eigenvalue weighted by Crippen LogP contribution is 2.36. The Morgan fingerprint density at radius 3 is 1.93 bits per heavy atom. The van der Waals surface area contributed by atoms with E-state index in [1.54, 1.807) is 12.2 Å². The van der Waals surface area contributed by atoms with Crippen LogP contribution in [0.15, 0.2) is 72.9 Å². The normalized spacial score (nSPS) is 19.1. The van der Waals surface area contributed by atoms with Crippen molar-refractivity contribution in [3.05, 3.63) is 72.9 Å².